The van der Waals surface area contributed by atoms with Crippen molar-refractivity contribution in [3.8, 4) is 0 Å². The molecule has 0 spiro atoms. The van der Waals surface area contributed by atoms with Gasteiger partial charge in [-0.1, -0.05) is 13.8 Å². The number of carbonyl (C=O) groups excluding carboxylic acids is 3. The van der Waals surface area contributed by atoms with Crippen LogP contribution in [0.15, 0.2) is 0 Å². The highest BCUT2D eigenvalue weighted by Crippen LogP contribution is 2.42. The standard InChI is InChI=1S/C15H25N3O3.ClH/c1-5-15(11-8-7-9-18(6-2)10-11)12(19)16(3)14(21)17(4)13(15)20;/h11H,5-10H2,1-4H3;1H. The number of barbiturate groups is 1. The molecule has 126 valence electrons. The summed E-state index contributed by atoms with van der Waals surface area (Å²) in [6, 6.07) is -0.530. The van der Waals surface area contributed by atoms with Gasteiger partial charge in [0, 0.05) is 20.6 Å². The monoisotopic (exact) mass is 331 g/mol. The fourth-order valence-corrected chi connectivity index (χ4v) is 3.77. The third-order valence-electron chi connectivity index (χ3n) is 5.15. The van der Waals surface area contributed by atoms with E-state index < -0.39 is 11.4 Å². The topological polar surface area (TPSA) is 60.9 Å². The molecule has 0 radical (unpaired) electrons. The van der Waals surface area contributed by atoms with Crippen LogP contribution in [0.1, 0.15) is 33.1 Å². The fraction of sp³-hybridized carbons (Fsp3) is 0.800. The molecule has 22 heavy (non-hydrogen) atoms. The van der Waals surface area contributed by atoms with Crippen molar-refractivity contribution < 1.29 is 14.4 Å². The van der Waals surface area contributed by atoms with E-state index in [0.29, 0.717) is 6.42 Å². The quantitative estimate of drug-likeness (QED) is 0.737. The number of nitrogens with zero attached hydrogens (tertiary/aromatic N) is 3. The molecule has 0 aromatic rings. The van der Waals surface area contributed by atoms with Crippen molar-refractivity contribution in [3.63, 3.8) is 0 Å². The molecule has 0 aromatic carbocycles. The van der Waals surface area contributed by atoms with Gasteiger partial charge >= 0.3 is 6.03 Å². The van der Waals surface area contributed by atoms with Crippen LogP contribution in [0.5, 0.6) is 0 Å². The summed E-state index contributed by atoms with van der Waals surface area (Å²) >= 11 is 0. The number of carbonyl (C=O) groups is 3. The lowest BCUT2D eigenvalue weighted by atomic mass is 9.67. The van der Waals surface area contributed by atoms with Crippen molar-refractivity contribution in [2.45, 2.75) is 33.1 Å². The molecule has 2 rings (SSSR count). The van der Waals surface area contributed by atoms with Gasteiger partial charge in [-0.05, 0) is 38.3 Å². The van der Waals surface area contributed by atoms with Gasteiger partial charge in [0.05, 0.1) is 0 Å². The SMILES string of the molecule is CCN1CCCC(C2(CC)C(=O)N(C)C(=O)N(C)C2=O)C1.Cl. The highest BCUT2D eigenvalue weighted by atomic mass is 35.5. The van der Waals surface area contributed by atoms with Gasteiger partial charge in [0.15, 0.2) is 0 Å². The summed E-state index contributed by atoms with van der Waals surface area (Å²) in [6.07, 6.45) is 2.29. The van der Waals surface area contributed by atoms with E-state index in [2.05, 4.69) is 11.8 Å². The molecule has 4 amide bonds. The summed E-state index contributed by atoms with van der Waals surface area (Å²) in [5.74, 6) is -0.684. The Morgan fingerprint density at radius 1 is 1.09 bits per heavy atom. The zero-order valence-corrected chi connectivity index (χ0v) is 14.6. The van der Waals surface area contributed by atoms with E-state index in [1.807, 2.05) is 6.92 Å². The summed E-state index contributed by atoms with van der Waals surface area (Å²) in [4.78, 5) is 42.0. The second-order valence-corrected chi connectivity index (χ2v) is 6.07. The van der Waals surface area contributed by atoms with Crippen LogP contribution < -0.4 is 0 Å². The molecule has 6 nitrogen and oxygen atoms in total. The van der Waals surface area contributed by atoms with E-state index in [4.69, 9.17) is 0 Å². The molecule has 7 heteroatoms. The highest BCUT2D eigenvalue weighted by molar-refractivity contribution is 6.18. The Kier molecular flexibility index (Phi) is 5.98. The van der Waals surface area contributed by atoms with E-state index >= 15 is 0 Å². The molecule has 1 atom stereocenters. The van der Waals surface area contributed by atoms with Crippen LogP contribution in [0.3, 0.4) is 0 Å². The fourth-order valence-electron chi connectivity index (χ4n) is 3.77. The number of urea groups is 1. The first-order valence-electron chi connectivity index (χ1n) is 7.72. The number of hydrogen-bond acceptors (Lipinski definition) is 4. The van der Waals surface area contributed by atoms with E-state index in [-0.39, 0.29) is 30.1 Å². The summed E-state index contributed by atoms with van der Waals surface area (Å²) in [7, 11) is 2.94. The number of halogens is 1. The molecule has 0 N–H and O–H groups in total. The van der Waals surface area contributed by atoms with E-state index in [0.717, 1.165) is 42.3 Å². The Balaban J connectivity index is 0.00000242. The molecule has 1 unspecified atom stereocenters. The summed E-state index contributed by atoms with van der Waals surface area (Å²) in [5, 5.41) is 0. The van der Waals surface area contributed by atoms with Gasteiger partial charge in [0.1, 0.15) is 5.41 Å². The second-order valence-electron chi connectivity index (χ2n) is 6.07. The Hall–Kier alpha value is -1.14. The van der Waals surface area contributed by atoms with Gasteiger partial charge < -0.3 is 4.90 Å². The number of likely N-dealkylation sites (tertiary alicyclic amines) is 1. The number of hydrogen-bond donors (Lipinski definition) is 0. The maximum Gasteiger partial charge on any atom is 0.332 e. The van der Waals surface area contributed by atoms with Gasteiger partial charge in [-0.25, -0.2) is 4.79 Å². The molecular weight excluding hydrogens is 306 g/mol. The van der Waals surface area contributed by atoms with Crippen molar-refractivity contribution in [3.05, 3.63) is 0 Å². The van der Waals surface area contributed by atoms with Gasteiger partial charge in [0.2, 0.25) is 11.8 Å². The molecule has 2 heterocycles. The molecule has 0 saturated carbocycles. The minimum atomic E-state index is -1.08. The molecule has 2 aliphatic rings. The van der Waals surface area contributed by atoms with Crippen molar-refractivity contribution in [1.29, 1.82) is 0 Å². The van der Waals surface area contributed by atoms with Crippen LogP contribution in [0.4, 0.5) is 4.79 Å². The maximum atomic E-state index is 12.8. The molecular formula is C15H26ClN3O3. The summed E-state index contributed by atoms with van der Waals surface area (Å²) in [5.41, 5.74) is -1.08. The highest BCUT2D eigenvalue weighted by Gasteiger charge is 2.58. The minimum Gasteiger partial charge on any atom is -0.303 e. The number of piperidine rings is 1. The number of imide groups is 2. The maximum absolute atomic E-state index is 12.8. The van der Waals surface area contributed by atoms with E-state index in [1.54, 1.807) is 0 Å². The first kappa shape index (κ1) is 18.9. The average molecular weight is 332 g/mol. The predicted octanol–water partition coefficient (Wildman–Crippen LogP) is 1.59. The molecule has 2 aliphatic heterocycles. The van der Waals surface area contributed by atoms with Crippen LogP contribution >= 0.6 is 12.4 Å². The molecule has 2 fully saturated rings. The molecule has 2 saturated heterocycles. The van der Waals surface area contributed by atoms with Crippen LogP contribution in [0, 0.1) is 11.3 Å². The van der Waals surface area contributed by atoms with Gasteiger partial charge in [-0.15, -0.1) is 12.4 Å². The molecule has 0 aliphatic carbocycles. The van der Waals surface area contributed by atoms with Crippen molar-refractivity contribution in [2.24, 2.45) is 11.3 Å². The van der Waals surface area contributed by atoms with E-state index in [1.165, 1.54) is 14.1 Å². The number of amides is 4. The van der Waals surface area contributed by atoms with Gasteiger partial charge in [-0.2, -0.15) is 0 Å². The van der Waals surface area contributed by atoms with Crippen LogP contribution in [-0.2, 0) is 9.59 Å². The Labute approximate surface area is 138 Å². The summed E-state index contributed by atoms with van der Waals surface area (Å²) < 4.78 is 0. The van der Waals surface area contributed by atoms with E-state index in [9.17, 15) is 14.4 Å². The zero-order chi connectivity index (χ0) is 15.8. The lowest BCUT2D eigenvalue weighted by Gasteiger charge is -2.48. The summed E-state index contributed by atoms with van der Waals surface area (Å²) in [6.45, 7) is 6.65. The smallest absolute Gasteiger partial charge is 0.303 e. The average Bonchev–Trinajstić information content (AvgIpc) is 2.52. The first-order chi connectivity index (χ1) is 9.90. The van der Waals surface area contributed by atoms with Gasteiger partial charge in [0.25, 0.3) is 0 Å². The Morgan fingerprint density at radius 3 is 2.09 bits per heavy atom. The predicted molar refractivity (Wildman–Crippen MR) is 85.7 cm³/mol. The first-order valence-corrected chi connectivity index (χ1v) is 7.72. The zero-order valence-electron chi connectivity index (χ0n) is 13.8. The third-order valence-corrected chi connectivity index (χ3v) is 5.15. The lowest BCUT2D eigenvalue weighted by molar-refractivity contribution is -0.163. The van der Waals surface area contributed by atoms with Crippen LogP contribution in [0.25, 0.3) is 0 Å². The normalized spacial score (nSPS) is 26.2. The van der Waals surface area contributed by atoms with Crippen molar-refractivity contribution >= 4 is 30.3 Å². The largest absolute Gasteiger partial charge is 0.332 e. The minimum absolute atomic E-state index is 0. The van der Waals surface area contributed by atoms with Crippen molar-refractivity contribution in [2.75, 3.05) is 33.7 Å². The second kappa shape index (κ2) is 6.96. The molecule has 0 bridgehead atoms. The van der Waals surface area contributed by atoms with Crippen LogP contribution in [-0.4, -0.2) is 66.3 Å². The van der Waals surface area contributed by atoms with Crippen LogP contribution in [0.2, 0.25) is 0 Å². The van der Waals surface area contributed by atoms with Crippen molar-refractivity contribution in [1.82, 2.24) is 14.7 Å². The van der Waals surface area contributed by atoms with Gasteiger partial charge in [-0.3, -0.25) is 19.4 Å². The lowest BCUT2D eigenvalue weighted by Crippen LogP contribution is -2.66. The Bertz CT molecular complexity index is 445. The molecule has 0 aromatic heterocycles. The number of rotatable bonds is 3. The Morgan fingerprint density at radius 2 is 1.64 bits per heavy atom. The third kappa shape index (κ3) is 2.63.